The molecule has 0 aliphatic carbocycles. The maximum absolute atomic E-state index is 13.1. The van der Waals surface area contributed by atoms with Crippen molar-refractivity contribution >= 4 is 39.5 Å². The van der Waals surface area contributed by atoms with Crippen LogP contribution in [0.25, 0.3) is 0 Å². The zero-order valence-electron chi connectivity index (χ0n) is 69.4. The van der Waals surface area contributed by atoms with Crippen molar-refractivity contribution in [3.63, 3.8) is 0 Å². The van der Waals surface area contributed by atoms with Gasteiger partial charge in [0.1, 0.15) is 19.3 Å². The monoisotopic (exact) mass is 1540 g/mol. The van der Waals surface area contributed by atoms with Gasteiger partial charge in [0, 0.05) is 25.7 Å². The highest BCUT2D eigenvalue weighted by molar-refractivity contribution is 7.47. The van der Waals surface area contributed by atoms with E-state index in [2.05, 4.69) is 55.4 Å². The molecule has 0 bridgehead atoms. The number of phosphoric ester groups is 2. The van der Waals surface area contributed by atoms with Gasteiger partial charge in [-0.25, -0.2) is 9.13 Å². The third-order valence-corrected chi connectivity index (χ3v) is 22.3. The van der Waals surface area contributed by atoms with Crippen molar-refractivity contribution in [2.75, 3.05) is 39.6 Å². The molecule has 0 aliphatic rings. The molecular formula is C86H168O17P2. The molecule has 0 aliphatic heterocycles. The Balaban J connectivity index is 5.22. The smallest absolute Gasteiger partial charge is 0.462 e. The molecule has 0 amide bonds. The summed E-state index contributed by atoms with van der Waals surface area (Å²) in [6.45, 7) is 14.3. The normalized spacial score (nSPS) is 14.2. The lowest BCUT2D eigenvalue weighted by molar-refractivity contribution is -0.161. The van der Waals surface area contributed by atoms with Gasteiger partial charge in [-0.15, -0.1) is 0 Å². The summed E-state index contributed by atoms with van der Waals surface area (Å²) in [6, 6.07) is 0. The summed E-state index contributed by atoms with van der Waals surface area (Å²) in [5.74, 6) is 1.03. The van der Waals surface area contributed by atoms with Crippen molar-refractivity contribution in [3.05, 3.63) is 0 Å². The molecule has 105 heavy (non-hydrogen) atoms. The Hall–Kier alpha value is -1.94. The van der Waals surface area contributed by atoms with Gasteiger partial charge in [0.25, 0.3) is 0 Å². The van der Waals surface area contributed by atoms with Crippen LogP contribution in [0.5, 0.6) is 0 Å². The number of carbonyl (C=O) groups excluding carboxylic acids is 4. The largest absolute Gasteiger partial charge is 0.472 e. The standard InChI is InChI=1S/C86H168O17P2/c1-9-79(8)65-57-49-44-45-51-59-67-84(89)97-73-82(103-86(91)69-61-53-43-37-31-23-19-15-14-17-21-27-33-39-47-55-63-77(4)5)75-101-105(94,95)99-71-80(87)70-98-104(92,93)100-74-81(72-96-83(88)66-58-50-41-35-29-25-24-28-34-40-48-56-64-78(6)7)102-85(90)68-60-52-42-36-30-22-18-13-11-10-12-16-20-26-32-38-46-54-62-76(2)3/h76-82,87H,9-75H2,1-8H3,(H,92,93)(H,94,95)/t79?,80-,81-,82-/m1/s1. The maximum Gasteiger partial charge on any atom is 0.472 e. The Kier molecular flexibility index (Phi) is 73.4. The van der Waals surface area contributed by atoms with Crippen molar-refractivity contribution < 1.29 is 80.2 Å². The minimum absolute atomic E-state index is 0.107. The lowest BCUT2D eigenvalue weighted by atomic mass is 10.00. The molecule has 0 radical (unpaired) electrons. The summed E-state index contributed by atoms with van der Waals surface area (Å²) in [7, 11) is -9.93. The highest BCUT2D eigenvalue weighted by atomic mass is 31.2. The van der Waals surface area contributed by atoms with Crippen LogP contribution in [-0.2, 0) is 65.4 Å². The first-order valence-corrected chi connectivity index (χ1v) is 47.2. The van der Waals surface area contributed by atoms with Gasteiger partial charge in [-0.3, -0.25) is 37.3 Å². The van der Waals surface area contributed by atoms with Crippen LogP contribution in [0.3, 0.4) is 0 Å². The van der Waals surface area contributed by atoms with Gasteiger partial charge >= 0.3 is 39.5 Å². The van der Waals surface area contributed by atoms with E-state index in [4.69, 9.17) is 37.0 Å². The summed E-state index contributed by atoms with van der Waals surface area (Å²) in [4.78, 5) is 73.2. The fourth-order valence-electron chi connectivity index (χ4n) is 13.3. The van der Waals surface area contributed by atoms with Crippen LogP contribution in [-0.4, -0.2) is 96.7 Å². The number of hydrogen-bond donors (Lipinski definition) is 3. The van der Waals surface area contributed by atoms with Crippen LogP contribution in [0, 0.1) is 23.7 Å². The number of aliphatic hydroxyl groups is 1. The molecular weight excluding hydrogens is 1370 g/mol. The molecule has 0 saturated heterocycles. The second-order valence-corrected chi connectivity index (χ2v) is 35.5. The molecule has 6 atom stereocenters. The van der Waals surface area contributed by atoms with E-state index in [1.54, 1.807) is 0 Å². The Bertz CT molecular complexity index is 2040. The maximum atomic E-state index is 13.1. The molecule has 0 spiro atoms. The highest BCUT2D eigenvalue weighted by Crippen LogP contribution is 2.45. The number of hydrogen-bond acceptors (Lipinski definition) is 15. The quantitative estimate of drug-likeness (QED) is 0.0222. The summed E-state index contributed by atoms with van der Waals surface area (Å²) in [5, 5.41) is 10.7. The Labute approximate surface area is 645 Å². The van der Waals surface area contributed by atoms with Crippen molar-refractivity contribution in [2.24, 2.45) is 23.7 Å². The van der Waals surface area contributed by atoms with Crippen LogP contribution >= 0.6 is 15.6 Å². The molecule has 624 valence electrons. The molecule has 0 saturated carbocycles. The third kappa shape index (κ3) is 78.5. The first-order chi connectivity index (χ1) is 50.6. The van der Waals surface area contributed by atoms with Crippen LogP contribution < -0.4 is 0 Å². The van der Waals surface area contributed by atoms with Crippen LogP contribution in [0.1, 0.15) is 447 Å². The van der Waals surface area contributed by atoms with Gasteiger partial charge in [0.05, 0.1) is 26.4 Å². The fraction of sp³-hybridized carbons (Fsp3) is 0.953. The zero-order chi connectivity index (χ0) is 77.4. The van der Waals surface area contributed by atoms with Gasteiger partial charge in [-0.2, -0.15) is 0 Å². The predicted molar refractivity (Wildman–Crippen MR) is 432 cm³/mol. The highest BCUT2D eigenvalue weighted by Gasteiger charge is 2.31. The molecule has 0 rings (SSSR count). The van der Waals surface area contributed by atoms with Crippen molar-refractivity contribution in [1.82, 2.24) is 0 Å². The van der Waals surface area contributed by atoms with Crippen molar-refractivity contribution in [1.29, 1.82) is 0 Å². The first kappa shape index (κ1) is 103. The van der Waals surface area contributed by atoms with E-state index in [0.29, 0.717) is 25.7 Å². The Morgan fingerprint density at radius 2 is 0.457 bits per heavy atom. The lowest BCUT2D eigenvalue weighted by Gasteiger charge is -2.21. The second kappa shape index (κ2) is 74.8. The van der Waals surface area contributed by atoms with Gasteiger partial charge in [-0.05, 0) is 49.4 Å². The minimum atomic E-state index is -4.97. The molecule has 0 fully saturated rings. The minimum Gasteiger partial charge on any atom is -0.462 e. The topological polar surface area (TPSA) is 237 Å². The molecule has 3 unspecified atom stereocenters. The van der Waals surface area contributed by atoms with E-state index in [-0.39, 0.29) is 25.7 Å². The van der Waals surface area contributed by atoms with E-state index in [1.807, 2.05) is 0 Å². The first-order valence-electron chi connectivity index (χ1n) is 44.2. The molecule has 0 aromatic carbocycles. The van der Waals surface area contributed by atoms with Crippen molar-refractivity contribution in [3.8, 4) is 0 Å². The number of ether oxygens (including phenoxy) is 4. The number of aliphatic hydroxyl groups excluding tert-OH is 1. The van der Waals surface area contributed by atoms with E-state index in [0.717, 1.165) is 120 Å². The van der Waals surface area contributed by atoms with Gasteiger partial charge < -0.3 is 33.8 Å². The van der Waals surface area contributed by atoms with Crippen LogP contribution in [0.4, 0.5) is 0 Å². The summed E-state index contributed by atoms with van der Waals surface area (Å²) in [6.07, 6.45) is 63.9. The second-order valence-electron chi connectivity index (χ2n) is 32.6. The summed E-state index contributed by atoms with van der Waals surface area (Å²) >= 11 is 0. The lowest BCUT2D eigenvalue weighted by Crippen LogP contribution is -2.30. The van der Waals surface area contributed by atoms with Gasteiger partial charge in [0.15, 0.2) is 12.2 Å². The van der Waals surface area contributed by atoms with Crippen molar-refractivity contribution in [2.45, 2.75) is 465 Å². The Morgan fingerprint density at radius 3 is 0.676 bits per heavy atom. The number of phosphoric acid groups is 2. The van der Waals surface area contributed by atoms with E-state index < -0.39 is 97.5 Å². The Morgan fingerprint density at radius 1 is 0.267 bits per heavy atom. The number of unbranched alkanes of at least 4 members (excludes halogenated alkanes) is 48. The molecule has 0 heterocycles. The van der Waals surface area contributed by atoms with Gasteiger partial charge in [0.2, 0.25) is 0 Å². The average Bonchev–Trinajstić information content (AvgIpc) is 0.908. The molecule has 0 aromatic heterocycles. The molecule has 0 aromatic rings. The molecule has 17 nitrogen and oxygen atoms in total. The van der Waals surface area contributed by atoms with Gasteiger partial charge in [-0.1, -0.05) is 396 Å². The molecule has 19 heteroatoms. The van der Waals surface area contributed by atoms with E-state index >= 15 is 0 Å². The van der Waals surface area contributed by atoms with Crippen LogP contribution in [0.2, 0.25) is 0 Å². The summed E-state index contributed by atoms with van der Waals surface area (Å²) in [5.41, 5.74) is 0. The molecule has 3 N–H and O–H groups in total. The third-order valence-electron chi connectivity index (χ3n) is 20.4. The number of rotatable bonds is 83. The SMILES string of the molecule is CCC(C)CCCCCCCCC(=O)OC[C@H](COP(=O)(O)OC[C@H](O)COP(=O)(O)OC[C@@H](COC(=O)CCCCCCCCCCCCCCC(C)C)OC(=O)CCCCCCCCCCCCCCCCCCCCC(C)C)OC(=O)CCCCCCCCCCCCCCCCCCC(C)C. The number of esters is 4. The average molecular weight is 1540 g/mol. The van der Waals surface area contributed by atoms with Crippen LogP contribution in [0.15, 0.2) is 0 Å². The fourth-order valence-corrected chi connectivity index (χ4v) is 14.9. The zero-order valence-corrected chi connectivity index (χ0v) is 71.2. The summed E-state index contributed by atoms with van der Waals surface area (Å²) < 4.78 is 68.9. The van der Waals surface area contributed by atoms with E-state index in [1.165, 1.54) is 244 Å². The number of carbonyl (C=O) groups is 4. The van der Waals surface area contributed by atoms with E-state index in [9.17, 15) is 43.2 Å². The predicted octanol–water partition coefficient (Wildman–Crippen LogP) is 25.9.